The maximum Gasteiger partial charge on any atom is 0.387 e. The second kappa shape index (κ2) is 10.8. The van der Waals surface area contributed by atoms with Crippen LogP contribution < -0.4 is 4.74 Å². The predicted molar refractivity (Wildman–Crippen MR) is 120 cm³/mol. The molecule has 0 aliphatic heterocycles. The second-order valence-corrected chi connectivity index (χ2v) is 8.95. The van der Waals surface area contributed by atoms with Gasteiger partial charge in [-0.15, -0.1) is 10.2 Å². The predicted octanol–water partition coefficient (Wildman–Crippen LogP) is 5.40. The maximum atomic E-state index is 12.8. The van der Waals surface area contributed by atoms with Crippen LogP contribution in [-0.4, -0.2) is 45.0 Å². The van der Waals surface area contributed by atoms with Gasteiger partial charge < -0.3 is 14.1 Å². The molecule has 176 valence electrons. The van der Waals surface area contributed by atoms with Gasteiger partial charge in [0.05, 0.1) is 12.0 Å². The highest BCUT2D eigenvalue weighted by Gasteiger charge is 2.25. The fourth-order valence-electron chi connectivity index (χ4n) is 3.99. The summed E-state index contributed by atoms with van der Waals surface area (Å²) >= 11 is 1.37. The fraction of sp³-hybridized carbons (Fsp3) is 0.435. The number of alkyl halides is 2. The van der Waals surface area contributed by atoms with E-state index in [1.807, 2.05) is 12.1 Å². The number of benzene rings is 1. The molecule has 0 radical (unpaired) electrons. The first-order valence-electron chi connectivity index (χ1n) is 10.9. The second-order valence-electron chi connectivity index (χ2n) is 8.01. The molecule has 0 saturated heterocycles. The van der Waals surface area contributed by atoms with Crippen LogP contribution in [0.1, 0.15) is 43.7 Å². The summed E-state index contributed by atoms with van der Waals surface area (Å²) in [6, 6.07) is 10.3. The Kier molecular flexibility index (Phi) is 7.64. The van der Waals surface area contributed by atoms with Crippen molar-refractivity contribution in [3.8, 4) is 17.3 Å². The zero-order chi connectivity index (χ0) is 23.2. The van der Waals surface area contributed by atoms with Crippen LogP contribution in [0.4, 0.5) is 8.78 Å². The lowest BCUT2D eigenvalue weighted by Gasteiger charge is -2.25. The van der Waals surface area contributed by atoms with Crippen LogP contribution in [0, 0.1) is 0 Å². The Labute approximate surface area is 195 Å². The van der Waals surface area contributed by atoms with Gasteiger partial charge >= 0.3 is 6.61 Å². The van der Waals surface area contributed by atoms with Crippen LogP contribution in [0.3, 0.4) is 0 Å². The lowest BCUT2D eigenvalue weighted by atomic mass is 9.95. The third-order valence-electron chi connectivity index (χ3n) is 5.66. The van der Waals surface area contributed by atoms with Gasteiger partial charge in [0.2, 0.25) is 11.7 Å². The molecule has 1 aliphatic rings. The maximum absolute atomic E-state index is 12.8. The van der Waals surface area contributed by atoms with E-state index in [4.69, 9.17) is 4.42 Å². The first-order valence-corrected chi connectivity index (χ1v) is 11.9. The summed E-state index contributed by atoms with van der Waals surface area (Å²) in [7, 11) is 1.71. The number of ether oxygens (including phenoxy) is 1. The molecule has 4 rings (SSSR count). The highest BCUT2D eigenvalue weighted by atomic mass is 32.2. The average Bonchev–Trinajstić information content (AvgIpc) is 3.49. The number of aromatic nitrogens is 3. The fourth-order valence-corrected chi connectivity index (χ4v) is 4.94. The summed E-state index contributed by atoms with van der Waals surface area (Å²) in [5, 5.41) is 9.44. The number of carbonyl (C=O) groups is 1. The van der Waals surface area contributed by atoms with Crippen LogP contribution in [0.5, 0.6) is 5.75 Å². The largest absolute Gasteiger partial charge is 0.461 e. The van der Waals surface area contributed by atoms with Crippen molar-refractivity contribution in [3.05, 3.63) is 48.2 Å². The molecule has 0 N–H and O–H groups in total. The molecule has 7 nitrogen and oxygen atoms in total. The summed E-state index contributed by atoms with van der Waals surface area (Å²) in [5.74, 6) is 1.61. The van der Waals surface area contributed by atoms with Crippen molar-refractivity contribution in [2.75, 3.05) is 12.8 Å². The van der Waals surface area contributed by atoms with E-state index in [2.05, 4.69) is 19.5 Å². The van der Waals surface area contributed by atoms with E-state index in [0.717, 1.165) is 31.2 Å². The minimum Gasteiger partial charge on any atom is -0.461 e. The molecule has 0 bridgehead atoms. The number of hydrogen-bond acceptors (Lipinski definition) is 6. The van der Waals surface area contributed by atoms with E-state index in [9.17, 15) is 13.6 Å². The molecule has 2 aromatic heterocycles. The molecule has 10 heteroatoms. The van der Waals surface area contributed by atoms with Crippen LogP contribution in [0.15, 0.2) is 52.2 Å². The molecule has 33 heavy (non-hydrogen) atoms. The van der Waals surface area contributed by atoms with Gasteiger partial charge in [0.1, 0.15) is 5.75 Å². The van der Waals surface area contributed by atoms with Gasteiger partial charge in [-0.2, -0.15) is 8.78 Å². The van der Waals surface area contributed by atoms with E-state index in [1.54, 1.807) is 30.3 Å². The normalized spacial score (nSPS) is 14.5. The molecule has 2 heterocycles. The topological polar surface area (TPSA) is 73.4 Å². The van der Waals surface area contributed by atoms with Gasteiger partial charge in [0.25, 0.3) is 0 Å². The molecule has 0 spiro atoms. The van der Waals surface area contributed by atoms with Crippen LogP contribution in [0.2, 0.25) is 0 Å². The SMILES string of the molecule is CN(Cc1ccc(OC(F)F)cc1)C(=O)CSc1nnc(-c2ccco2)n1C1CCCCC1. The van der Waals surface area contributed by atoms with Gasteiger partial charge in [0, 0.05) is 19.6 Å². The van der Waals surface area contributed by atoms with Gasteiger partial charge in [-0.05, 0) is 42.7 Å². The Bertz CT molecular complexity index is 1030. The molecule has 0 unspecified atom stereocenters. The zero-order valence-electron chi connectivity index (χ0n) is 18.3. The number of nitrogens with zero attached hydrogens (tertiary/aromatic N) is 4. The molecule has 1 amide bonds. The van der Waals surface area contributed by atoms with Crippen molar-refractivity contribution in [3.63, 3.8) is 0 Å². The Morgan fingerprint density at radius 3 is 2.64 bits per heavy atom. The van der Waals surface area contributed by atoms with Crippen LogP contribution in [0.25, 0.3) is 11.6 Å². The lowest BCUT2D eigenvalue weighted by Crippen LogP contribution is -2.28. The van der Waals surface area contributed by atoms with Crippen molar-refractivity contribution < 1.29 is 22.7 Å². The number of furan rings is 1. The Balaban J connectivity index is 1.40. The number of halogens is 2. The molecule has 1 fully saturated rings. The summed E-state index contributed by atoms with van der Waals surface area (Å²) in [5.41, 5.74) is 0.822. The molecule has 0 atom stereocenters. The Hall–Kier alpha value is -2.88. The van der Waals surface area contributed by atoms with E-state index in [1.165, 1.54) is 30.3 Å². The Morgan fingerprint density at radius 2 is 1.97 bits per heavy atom. The standard InChI is InChI=1S/C23H26F2N4O3S/c1-28(14-16-9-11-18(12-10-16)32-22(24)25)20(30)15-33-23-27-26-21(19-8-5-13-31-19)29(23)17-6-3-2-4-7-17/h5,8-13,17,22H,2-4,6-7,14-15H2,1H3. The minimum atomic E-state index is -2.86. The van der Waals surface area contributed by atoms with Crippen molar-refractivity contribution in [1.29, 1.82) is 0 Å². The molecule has 1 saturated carbocycles. The van der Waals surface area contributed by atoms with E-state index in [0.29, 0.717) is 23.3 Å². The first-order chi connectivity index (χ1) is 16.0. The van der Waals surface area contributed by atoms with Gasteiger partial charge in [0.15, 0.2) is 10.9 Å². The third-order valence-corrected chi connectivity index (χ3v) is 6.59. The summed E-state index contributed by atoms with van der Waals surface area (Å²) in [6.45, 7) is -2.50. The number of carbonyl (C=O) groups excluding carboxylic acids is 1. The van der Waals surface area contributed by atoms with Gasteiger partial charge in [-0.3, -0.25) is 9.36 Å². The summed E-state index contributed by atoms with van der Waals surface area (Å²) < 4.78 is 36.6. The molecule has 1 aliphatic carbocycles. The number of amides is 1. The van der Waals surface area contributed by atoms with Gasteiger partial charge in [-0.1, -0.05) is 43.2 Å². The van der Waals surface area contributed by atoms with Gasteiger partial charge in [-0.25, -0.2) is 0 Å². The van der Waals surface area contributed by atoms with E-state index in [-0.39, 0.29) is 23.5 Å². The molecule has 3 aromatic rings. The average molecular weight is 477 g/mol. The van der Waals surface area contributed by atoms with Crippen LogP contribution in [-0.2, 0) is 11.3 Å². The highest BCUT2D eigenvalue weighted by molar-refractivity contribution is 7.99. The minimum absolute atomic E-state index is 0.0642. The van der Waals surface area contributed by atoms with E-state index >= 15 is 0 Å². The number of rotatable bonds is 9. The molecular formula is C23H26F2N4O3S. The van der Waals surface area contributed by atoms with Crippen molar-refractivity contribution in [2.45, 2.75) is 56.5 Å². The summed E-state index contributed by atoms with van der Waals surface area (Å²) in [6.07, 6.45) is 7.28. The lowest BCUT2D eigenvalue weighted by molar-refractivity contribution is -0.127. The smallest absolute Gasteiger partial charge is 0.387 e. The number of hydrogen-bond donors (Lipinski definition) is 0. The molecular weight excluding hydrogens is 450 g/mol. The Morgan fingerprint density at radius 1 is 1.21 bits per heavy atom. The molecule has 1 aromatic carbocycles. The first kappa shape index (κ1) is 23.3. The third kappa shape index (κ3) is 5.93. The van der Waals surface area contributed by atoms with Crippen molar-refractivity contribution in [2.24, 2.45) is 0 Å². The summed E-state index contributed by atoms with van der Waals surface area (Å²) in [4.78, 5) is 14.4. The van der Waals surface area contributed by atoms with E-state index < -0.39 is 6.61 Å². The van der Waals surface area contributed by atoms with Crippen molar-refractivity contribution in [1.82, 2.24) is 19.7 Å². The van der Waals surface area contributed by atoms with Crippen LogP contribution >= 0.6 is 11.8 Å². The highest BCUT2D eigenvalue weighted by Crippen LogP contribution is 2.35. The monoisotopic (exact) mass is 476 g/mol. The quantitative estimate of drug-likeness (QED) is 0.385. The number of thioether (sulfide) groups is 1. The van der Waals surface area contributed by atoms with Crippen molar-refractivity contribution >= 4 is 17.7 Å². The zero-order valence-corrected chi connectivity index (χ0v) is 19.1.